The molecule has 5 rings (SSSR count). The van der Waals surface area contributed by atoms with E-state index in [0.717, 1.165) is 35.1 Å². The number of H-pyrrole nitrogens is 1. The zero-order valence-electron chi connectivity index (χ0n) is 16.7. The number of benzene rings is 2. The van der Waals surface area contributed by atoms with E-state index in [1.165, 1.54) is 24.1 Å². The second-order valence-electron chi connectivity index (χ2n) is 7.92. The summed E-state index contributed by atoms with van der Waals surface area (Å²) >= 11 is 0. The molecule has 2 aromatic carbocycles. The number of amides is 1. The fourth-order valence-electron chi connectivity index (χ4n) is 4.48. The van der Waals surface area contributed by atoms with Crippen molar-refractivity contribution < 1.29 is 19.1 Å². The van der Waals surface area contributed by atoms with Gasteiger partial charge >= 0.3 is 5.97 Å². The number of ether oxygens (including phenoxy) is 2. The lowest BCUT2D eigenvalue weighted by molar-refractivity contribution is -0.125. The normalized spacial score (nSPS) is 17.5. The zero-order valence-corrected chi connectivity index (χ0v) is 16.7. The van der Waals surface area contributed by atoms with Crippen LogP contribution in [0, 0.1) is 0 Å². The van der Waals surface area contributed by atoms with Crippen LogP contribution < -0.4 is 10.1 Å². The van der Waals surface area contributed by atoms with E-state index in [9.17, 15) is 9.59 Å². The zero-order chi connectivity index (χ0) is 20.5. The Bertz CT molecular complexity index is 1120. The van der Waals surface area contributed by atoms with Gasteiger partial charge in [-0.1, -0.05) is 18.2 Å². The van der Waals surface area contributed by atoms with Gasteiger partial charge in [0.1, 0.15) is 5.75 Å². The Hall–Kier alpha value is -3.28. The number of rotatable bonds is 4. The molecule has 2 aliphatic rings. The first-order valence-corrected chi connectivity index (χ1v) is 10.5. The van der Waals surface area contributed by atoms with Gasteiger partial charge in [0.15, 0.2) is 6.61 Å². The molecule has 0 saturated carbocycles. The van der Waals surface area contributed by atoms with Gasteiger partial charge in [0, 0.05) is 28.6 Å². The number of aromatic amines is 1. The SMILES string of the molecule is O=C(COC(=O)c1ccc2[nH]c3c(c2c1)CCCC3)NC1CCOc2ccccc21. The van der Waals surface area contributed by atoms with Gasteiger partial charge in [0.05, 0.1) is 18.2 Å². The number of para-hydroxylation sites is 1. The summed E-state index contributed by atoms with van der Waals surface area (Å²) < 4.78 is 10.9. The van der Waals surface area contributed by atoms with Crippen molar-refractivity contribution in [2.75, 3.05) is 13.2 Å². The first kappa shape index (κ1) is 18.7. The molecule has 0 saturated heterocycles. The predicted molar refractivity (Wildman–Crippen MR) is 113 cm³/mol. The molecule has 0 bridgehead atoms. The van der Waals surface area contributed by atoms with Gasteiger partial charge in [0.2, 0.25) is 0 Å². The molecule has 6 heteroatoms. The van der Waals surface area contributed by atoms with E-state index >= 15 is 0 Å². The molecular formula is C24H24N2O4. The molecule has 1 aliphatic heterocycles. The van der Waals surface area contributed by atoms with Crippen LogP contribution in [0.3, 0.4) is 0 Å². The number of aromatic nitrogens is 1. The van der Waals surface area contributed by atoms with Gasteiger partial charge in [-0.05, 0) is 55.5 Å². The van der Waals surface area contributed by atoms with Crippen molar-refractivity contribution in [2.45, 2.75) is 38.1 Å². The molecule has 1 unspecified atom stereocenters. The van der Waals surface area contributed by atoms with Crippen molar-refractivity contribution in [3.63, 3.8) is 0 Å². The molecule has 0 radical (unpaired) electrons. The van der Waals surface area contributed by atoms with E-state index in [0.29, 0.717) is 18.6 Å². The van der Waals surface area contributed by atoms with Crippen LogP contribution in [-0.2, 0) is 22.4 Å². The molecule has 154 valence electrons. The van der Waals surface area contributed by atoms with Gasteiger partial charge in [-0.2, -0.15) is 0 Å². The second kappa shape index (κ2) is 7.86. The first-order chi connectivity index (χ1) is 14.7. The Kier molecular flexibility index (Phi) is 4.91. The van der Waals surface area contributed by atoms with Crippen LogP contribution in [0.5, 0.6) is 5.75 Å². The number of aryl methyl sites for hydroxylation is 2. The Labute approximate surface area is 174 Å². The standard InChI is InChI=1S/C24H24N2O4/c27-23(26-21-11-12-29-22-8-4-2-6-17(21)22)14-30-24(28)15-9-10-20-18(13-15)16-5-1-3-7-19(16)25-20/h2,4,6,8-10,13,21,25H,1,3,5,7,11-12,14H2,(H,26,27). The maximum Gasteiger partial charge on any atom is 0.338 e. The van der Waals surface area contributed by atoms with E-state index in [1.807, 2.05) is 36.4 Å². The minimum Gasteiger partial charge on any atom is -0.493 e. The van der Waals surface area contributed by atoms with Crippen molar-refractivity contribution >= 4 is 22.8 Å². The van der Waals surface area contributed by atoms with Crippen LogP contribution in [0.15, 0.2) is 42.5 Å². The molecule has 2 heterocycles. The topological polar surface area (TPSA) is 80.4 Å². The van der Waals surface area contributed by atoms with Gasteiger partial charge < -0.3 is 19.8 Å². The summed E-state index contributed by atoms with van der Waals surface area (Å²) in [5, 5.41) is 4.03. The number of esters is 1. The maximum absolute atomic E-state index is 12.5. The van der Waals surface area contributed by atoms with E-state index in [1.54, 1.807) is 6.07 Å². The molecular weight excluding hydrogens is 380 g/mol. The van der Waals surface area contributed by atoms with Crippen LogP contribution >= 0.6 is 0 Å². The van der Waals surface area contributed by atoms with Crippen LogP contribution in [-0.4, -0.2) is 30.1 Å². The van der Waals surface area contributed by atoms with Crippen molar-refractivity contribution in [1.82, 2.24) is 10.3 Å². The number of carbonyl (C=O) groups is 2. The quantitative estimate of drug-likeness (QED) is 0.648. The highest BCUT2D eigenvalue weighted by molar-refractivity contribution is 5.97. The molecule has 30 heavy (non-hydrogen) atoms. The Morgan fingerprint density at radius 1 is 1.13 bits per heavy atom. The van der Waals surface area contributed by atoms with Crippen LogP contribution in [0.25, 0.3) is 10.9 Å². The average molecular weight is 404 g/mol. The number of hydrogen-bond acceptors (Lipinski definition) is 4. The van der Waals surface area contributed by atoms with Crippen LogP contribution in [0.1, 0.15) is 52.5 Å². The molecule has 0 spiro atoms. The fraction of sp³-hybridized carbons (Fsp3) is 0.333. The minimum atomic E-state index is -0.481. The summed E-state index contributed by atoms with van der Waals surface area (Å²) in [4.78, 5) is 28.4. The predicted octanol–water partition coefficient (Wildman–Crippen LogP) is 3.84. The largest absolute Gasteiger partial charge is 0.493 e. The number of nitrogens with one attached hydrogen (secondary N) is 2. The summed E-state index contributed by atoms with van der Waals surface area (Å²) in [5.74, 6) is -0.00970. The third-order valence-electron chi connectivity index (χ3n) is 5.96. The van der Waals surface area contributed by atoms with Crippen LogP contribution in [0.4, 0.5) is 0 Å². The molecule has 1 atom stereocenters. The van der Waals surface area contributed by atoms with E-state index in [2.05, 4.69) is 10.3 Å². The second-order valence-corrected chi connectivity index (χ2v) is 7.92. The Balaban J connectivity index is 1.24. The minimum absolute atomic E-state index is 0.135. The molecule has 6 nitrogen and oxygen atoms in total. The van der Waals surface area contributed by atoms with Crippen molar-refractivity contribution in [2.24, 2.45) is 0 Å². The highest BCUT2D eigenvalue weighted by atomic mass is 16.5. The van der Waals surface area contributed by atoms with Gasteiger partial charge in [-0.15, -0.1) is 0 Å². The third-order valence-corrected chi connectivity index (χ3v) is 5.96. The van der Waals surface area contributed by atoms with E-state index in [-0.39, 0.29) is 18.6 Å². The lowest BCUT2D eigenvalue weighted by Gasteiger charge is -2.26. The average Bonchev–Trinajstić information content (AvgIpc) is 3.16. The fourth-order valence-corrected chi connectivity index (χ4v) is 4.48. The molecule has 2 N–H and O–H groups in total. The molecule has 1 aliphatic carbocycles. The lowest BCUT2D eigenvalue weighted by Crippen LogP contribution is -2.35. The Morgan fingerprint density at radius 2 is 2.00 bits per heavy atom. The van der Waals surface area contributed by atoms with Crippen molar-refractivity contribution in [3.8, 4) is 5.75 Å². The molecule has 1 aromatic heterocycles. The number of carbonyl (C=O) groups excluding carboxylic acids is 2. The van der Waals surface area contributed by atoms with Crippen LogP contribution in [0.2, 0.25) is 0 Å². The Morgan fingerprint density at radius 3 is 2.93 bits per heavy atom. The molecule has 1 amide bonds. The highest BCUT2D eigenvalue weighted by Gasteiger charge is 2.23. The maximum atomic E-state index is 12.5. The summed E-state index contributed by atoms with van der Waals surface area (Å²) in [6.45, 7) is 0.240. The summed E-state index contributed by atoms with van der Waals surface area (Å²) in [5.41, 5.74) is 5.05. The smallest absolute Gasteiger partial charge is 0.338 e. The van der Waals surface area contributed by atoms with Crippen molar-refractivity contribution in [3.05, 3.63) is 64.8 Å². The van der Waals surface area contributed by atoms with Gasteiger partial charge in [0.25, 0.3) is 5.91 Å². The summed E-state index contributed by atoms with van der Waals surface area (Å²) in [6.07, 6.45) is 5.14. The van der Waals surface area contributed by atoms with Gasteiger partial charge in [-0.3, -0.25) is 4.79 Å². The number of hydrogen-bond donors (Lipinski definition) is 2. The molecule has 3 aromatic rings. The van der Waals surface area contributed by atoms with Gasteiger partial charge in [-0.25, -0.2) is 4.79 Å². The highest BCUT2D eigenvalue weighted by Crippen LogP contribution is 2.32. The van der Waals surface area contributed by atoms with Crippen molar-refractivity contribution in [1.29, 1.82) is 0 Å². The van der Waals surface area contributed by atoms with E-state index < -0.39 is 5.97 Å². The lowest BCUT2D eigenvalue weighted by atomic mass is 9.95. The monoisotopic (exact) mass is 404 g/mol. The third kappa shape index (κ3) is 3.54. The summed E-state index contributed by atoms with van der Waals surface area (Å²) in [6, 6.07) is 13.1. The number of fused-ring (bicyclic) bond motifs is 4. The first-order valence-electron chi connectivity index (χ1n) is 10.5. The summed E-state index contributed by atoms with van der Waals surface area (Å²) in [7, 11) is 0. The molecule has 0 fully saturated rings. The van der Waals surface area contributed by atoms with E-state index in [4.69, 9.17) is 9.47 Å².